The van der Waals surface area contributed by atoms with E-state index in [1.807, 2.05) is 19.1 Å². The second-order valence-corrected chi connectivity index (χ2v) is 10.5. The van der Waals surface area contributed by atoms with Gasteiger partial charge in [0.1, 0.15) is 18.1 Å². The predicted molar refractivity (Wildman–Crippen MR) is 153 cm³/mol. The highest BCUT2D eigenvalue weighted by molar-refractivity contribution is 7.92. The zero-order chi connectivity index (χ0) is 28.5. The van der Waals surface area contributed by atoms with E-state index < -0.39 is 28.4 Å². The van der Waals surface area contributed by atoms with Crippen molar-refractivity contribution in [3.63, 3.8) is 0 Å². The van der Waals surface area contributed by atoms with Crippen molar-refractivity contribution < 1.29 is 27.2 Å². The molecule has 1 aromatic heterocycles. The summed E-state index contributed by atoms with van der Waals surface area (Å²) in [6.45, 7) is 3.57. The van der Waals surface area contributed by atoms with Crippen LogP contribution in [0.15, 0.2) is 105 Å². The molecule has 9 nitrogen and oxygen atoms in total. The van der Waals surface area contributed by atoms with Crippen LogP contribution in [0.1, 0.15) is 35.5 Å². The molecule has 0 aliphatic heterocycles. The highest BCUT2D eigenvalue weighted by Gasteiger charge is 2.27. The highest BCUT2D eigenvalue weighted by Crippen LogP contribution is 2.25. The van der Waals surface area contributed by atoms with Gasteiger partial charge < -0.3 is 9.15 Å². The summed E-state index contributed by atoms with van der Waals surface area (Å²) in [5, 5.41) is 3.93. The third-order valence-electron chi connectivity index (χ3n) is 5.94. The molecule has 1 heterocycles. The summed E-state index contributed by atoms with van der Waals surface area (Å²) in [6.07, 6.45) is 2.12. The van der Waals surface area contributed by atoms with E-state index in [-0.39, 0.29) is 4.90 Å². The van der Waals surface area contributed by atoms with Gasteiger partial charge in [0.05, 0.1) is 29.0 Å². The Kier molecular flexibility index (Phi) is 9.13. The third-order valence-corrected chi connectivity index (χ3v) is 7.73. The summed E-state index contributed by atoms with van der Waals surface area (Å²) in [6, 6.07) is 25.1. The van der Waals surface area contributed by atoms with Crippen LogP contribution in [0.4, 0.5) is 5.69 Å². The summed E-state index contributed by atoms with van der Waals surface area (Å²) >= 11 is 0. The van der Waals surface area contributed by atoms with Crippen molar-refractivity contribution in [3.05, 3.63) is 108 Å². The molecule has 0 saturated carbocycles. The Morgan fingerprint density at radius 2 is 1.62 bits per heavy atom. The maximum absolute atomic E-state index is 13.4. The third kappa shape index (κ3) is 6.83. The molecule has 3 aromatic carbocycles. The Bertz CT molecular complexity index is 1580. The molecule has 0 spiro atoms. The first-order chi connectivity index (χ1) is 19.3. The summed E-state index contributed by atoms with van der Waals surface area (Å²) in [5.74, 6) is -0.116. The molecule has 40 heavy (non-hydrogen) atoms. The number of hydrazone groups is 1. The minimum absolute atomic E-state index is 0.0734. The number of benzene rings is 3. The van der Waals surface area contributed by atoms with Crippen LogP contribution in [-0.2, 0) is 26.0 Å². The molecule has 0 bridgehead atoms. The largest absolute Gasteiger partial charge is 0.462 e. The molecule has 0 saturated heterocycles. The van der Waals surface area contributed by atoms with Crippen molar-refractivity contribution in [1.82, 2.24) is 5.43 Å². The van der Waals surface area contributed by atoms with Crippen molar-refractivity contribution in [2.75, 3.05) is 17.5 Å². The van der Waals surface area contributed by atoms with Crippen molar-refractivity contribution in [2.45, 2.75) is 25.2 Å². The Morgan fingerprint density at radius 1 is 0.925 bits per heavy atom. The van der Waals surface area contributed by atoms with Crippen LogP contribution in [0, 0.1) is 0 Å². The molecule has 4 aromatic rings. The standard InChI is InChI=1S/C30H29N3O6S/c1-3-22-10-16-25(17-11-22)33(40(36,37)27-8-6-5-7-9-27)21-29(34)32-31-20-26-18-19-28(39-26)23-12-14-24(15-13-23)30(35)38-4-2/h5-20H,3-4,21H2,1-2H3,(H,32,34)/b31-20-. The molecule has 0 radical (unpaired) electrons. The number of hydrogen-bond acceptors (Lipinski definition) is 7. The van der Waals surface area contributed by atoms with Crippen LogP contribution < -0.4 is 9.73 Å². The average molecular weight is 560 g/mol. The number of carbonyl (C=O) groups excluding carboxylic acids is 2. The minimum atomic E-state index is -4.01. The Balaban J connectivity index is 1.45. The normalized spacial score (nSPS) is 11.3. The lowest BCUT2D eigenvalue weighted by Crippen LogP contribution is -2.39. The smallest absolute Gasteiger partial charge is 0.338 e. The highest BCUT2D eigenvalue weighted by atomic mass is 32.2. The maximum atomic E-state index is 13.4. The lowest BCUT2D eigenvalue weighted by molar-refractivity contribution is -0.119. The van der Waals surface area contributed by atoms with E-state index in [0.717, 1.165) is 21.9 Å². The van der Waals surface area contributed by atoms with Crippen molar-refractivity contribution in [2.24, 2.45) is 5.10 Å². The number of esters is 1. The van der Waals surface area contributed by atoms with E-state index in [4.69, 9.17) is 9.15 Å². The Morgan fingerprint density at radius 3 is 2.27 bits per heavy atom. The fourth-order valence-electron chi connectivity index (χ4n) is 3.83. The van der Waals surface area contributed by atoms with Gasteiger partial charge in [-0.15, -0.1) is 0 Å². The first kappa shape index (κ1) is 28.3. The molecule has 0 aliphatic carbocycles. The molecular formula is C30H29N3O6S. The minimum Gasteiger partial charge on any atom is -0.462 e. The van der Waals surface area contributed by atoms with Crippen LogP contribution in [0.2, 0.25) is 0 Å². The van der Waals surface area contributed by atoms with Crippen molar-refractivity contribution in [3.8, 4) is 11.3 Å². The number of ether oxygens (including phenoxy) is 1. The number of carbonyl (C=O) groups is 2. The number of furan rings is 1. The monoisotopic (exact) mass is 559 g/mol. The van der Waals surface area contributed by atoms with Gasteiger partial charge in [-0.25, -0.2) is 18.6 Å². The van der Waals surface area contributed by atoms with E-state index in [9.17, 15) is 18.0 Å². The van der Waals surface area contributed by atoms with Gasteiger partial charge in [-0.3, -0.25) is 9.10 Å². The number of nitrogens with one attached hydrogen (secondary N) is 1. The molecule has 0 fully saturated rings. The number of sulfonamides is 1. The quantitative estimate of drug-likeness (QED) is 0.156. The van der Waals surface area contributed by atoms with Crippen LogP contribution in [0.5, 0.6) is 0 Å². The van der Waals surface area contributed by atoms with E-state index >= 15 is 0 Å². The second-order valence-electron chi connectivity index (χ2n) is 8.64. The topological polar surface area (TPSA) is 118 Å². The lowest BCUT2D eigenvalue weighted by atomic mass is 10.1. The summed E-state index contributed by atoms with van der Waals surface area (Å²) in [4.78, 5) is 24.7. The van der Waals surface area contributed by atoms with E-state index in [0.29, 0.717) is 29.4 Å². The molecule has 206 valence electrons. The maximum Gasteiger partial charge on any atom is 0.338 e. The van der Waals surface area contributed by atoms with Gasteiger partial charge in [-0.1, -0.05) is 49.4 Å². The molecule has 0 aliphatic rings. The molecule has 0 unspecified atom stereocenters. The van der Waals surface area contributed by atoms with Gasteiger partial charge in [-0.2, -0.15) is 5.10 Å². The lowest BCUT2D eigenvalue weighted by Gasteiger charge is -2.23. The second kappa shape index (κ2) is 12.9. The zero-order valence-corrected chi connectivity index (χ0v) is 22.9. The summed E-state index contributed by atoms with van der Waals surface area (Å²) in [5.41, 5.74) is 4.96. The fourth-order valence-corrected chi connectivity index (χ4v) is 5.27. The summed E-state index contributed by atoms with van der Waals surface area (Å²) in [7, 11) is -4.01. The first-order valence-corrected chi connectivity index (χ1v) is 14.1. The Hall–Kier alpha value is -4.70. The van der Waals surface area contributed by atoms with Gasteiger partial charge in [0.2, 0.25) is 0 Å². The van der Waals surface area contributed by atoms with Crippen LogP contribution in [0.3, 0.4) is 0 Å². The molecule has 4 rings (SSSR count). The van der Waals surface area contributed by atoms with E-state index in [2.05, 4.69) is 10.5 Å². The van der Waals surface area contributed by atoms with E-state index in [1.165, 1.54) is 18.3 Å². The number of nitrogens with zero attached hydrogens (tertiary/aromatic N) is 2. The summed E-state index contributed by atoms with van der Waals surface area (Å²) < 4.78 is 38.6. The zero-order valence-electron chi connectivity index (χ0n) is 22.1. The molecule has 10 heteroatoms. The van der Waals surface area contributed by atoms with Crippen molar-refractivity contribution >= 4 is 33.8 Å². The predicted octanol–water partition coefficient (Wildman–Crippen LogP) is 5.03. The van der Waals surface area contributed by atoms with Gasteiger partial charge in [0.15, 0.2) is 0 Å². The Labute approximate surface area is 233 Å². The van der Waals surface area contributed by atoms with Gasteiger partial charge >= 0.3 is 5.97 Å². The average Bonchev–Trinajstić information content (AvgIpc) is 3.45. The van der Waals surface area contributed by atoms with Crippen LogP contribution >= 0.6 is 0 Å². The number of hydrogen-bond donors (Lipinski definition) is 1. The fraction of sp³-hybridized carbons (Fsp3) is 0.167. The van der Waals surface area contributed by atoms with Crippen LogP contribution in [-0.4, -0.2) is 39.7 Å². The SMILES string of the molecule is CCOC(=O)c1ccc(-c2ccc(/C=N\NC(=O)CN(c3ccc(CC)cc3)S(=O)(=O)c3ccccc3)o2)cc1. The molecule has 1 amide bonds. The molecule has 0 atom stereocenters. The first-order valence-electron chi connectivity index (χ1n) is 12.7. The van der Waals surface area contributed by atoms with Gasteiger partial charge in [0.25, 0.3) is 15.9 Å². The number of aryl methyl sites for hydroxylation is 1. The van der Waals surface area contributed by atoms with E-state index in [1.54, 1.807) is 73.7 Å². The van der Waals surface area contributed by atoms with Gasteiger partial charge in [0, 0.05) is 5.56 Å². The number of rotatable bonds is 11. The molecule has 1 N–H and O–H groups in total. The van der Waals surface area contributed by atoms with Gasteiger partial charge in [-0.05, 0) is 67.4 Å². The number of amides is 1. The van der Waals surface area contributed by atoms with Crippen molar-refractivity contribution in [1.29, 1.82) is 0 Å². The van der Waals surface area contributed by atoms with Crippen LogP contribution in [0.25, 0.3) is 11.3 Å². The molecular weight excluding hydrogens is 530 g/mol. The number of anilines is 1.